The Morgan fingerprint density at radius 1 is 0.408 bits per heavy atom. The normalized spacial score (nSPS) is 15.2. The molecule has 0 fully saturated rings. The van der Waals surface area contributed by atoms with Crippen molar-refractivity contribution in [3.05, 3.63) is 205 Å². The molecule has 2 aliphatic rings. The SMILES string of the molecule is N=C1C=CC=C/C1=C1\C=CC=C(c2ccc(-c3cc(-c4ccc(-c5ccccc5)cc4)nc(-c4ccc(-c5ccccc5)cc4)c3)cc2)N1. The van der Waals surface area contributed by atoms with Gasteiger partial charge < -0.3 is 10.7 Å². The van der Waals surface area contributed by atoms with Gasteiger partial charge in [0.05, 0.1) is 17.1 Å². The van der Waals surface area contributed by atoms with E-state index in [1.807, 2.05) is 48.6 Å². The van der Waals surface area contributed by atoms with Crippen LogP contribution in [-0.4, -0.2) is 10.7 Å². The van der Waals surface area contributed by atoms with Crippen LogP contribution < -0.4 is 5.32 Å². The summed E-state index contributed by atoms with van der Waals surface area (Å²) < 4.78 is 0. The first-order chi connectivity index (χ1) is 24.2. The first-order valence-corrected chi connectivity index (χ1v) is 16.5. The molecular weight excluding hydrogens is 595 g/mol. The second kappa shape index (κ2) is 13.3. The van der Waals surface area contributed by atoms with Crippen LogP contribution in [0.5, 0.6) is 0 Å². The fraction of sp³-hybridized carbons (Fsp3) is 0. The van der Waals surface area contributed by atoms with Gasteiger partial charge in [-0.2, -0.15) is 0 Å². The van der Waals surface area contributed by atoms with Gasteiger partial charge in [0.25, 0.3) is 0 Å². The molecule has 5 aromatic carbocycles. The summed E-state index contributed by atoms with van der Waals surface area (Å²) in [6.07, 6.45) is 13.8. The summed E-state index contributed by atoms with van der Waals surface area (Å²) in [4.78, 5) is 5.19. The average Bonchev–Trinajstić information content (AvgIpc) is 3.19. The molecule has 3 nitrogen and oxygen atoms in total. The first kappa shape index (κ1) is 29.8. The van der Waals surface area contributed by atoms with Crippen LogP contribution in [0.2, 0.25) is 0 Å². The number of nitrogens with one attached hydrogen (secondary N) is 2. The second-order valence-corrected chi connectivity index (χ2v) is 12.1. The maximum absolute atomic E-state index is 8.34. The summed E-state index contributed by atoms with van der Waals surface area (Å²) >= 11 is 0. The Labute approximate surface area is 287 Å². The van der Waals surface area contributed by atoms with Gasteiger partial charge in [-0.05, 0) is 69.3 Å². The topological polar surface area (TPSA) is 48.8 Å². The molecule has 8 rings (SSSR count). The van der Waals surface area contributed by atoms with Crippen LogP contribution in [0.25, 0.3) is 61.6 Å². The highest BCUT2D eigenvalue weighted by atomic mass is 14.9. The molecule has 3 heteroatoms. The molecule has 0 saturated carbocycles. The van der Waals surface area contributed by atoms with E-state index in [1.165, 1.54) is 22.3 Å². The van der Waals surface area contributed by atoms with E-state index in [1.54, 1.807) is 0 Å². The minimum absolute atomic E-state index is 0.500. The molecule has 6 aromatic rings. The molecule has 0 atom stereocenters. The zero-order valence-corrected chi connectivity index (χ0v) is 26.8. The van der Waals surface area contributed by atoms with Crippen LogP contribution in [0.15, 0.2) is 199 Å². The summed E-state index contributed by atoms with van der Waals surface area (Å²) in [6.45, 7) is 0. The lowest BCUT2D eigenvalue weighted by atomic mass is 9.96. The number of hydrogen-bond acceptors (Lipinski definition) is 3. The molecule has 0 unspecified atom stereocenters. The minimum Gasteiger partial charge on any atom is -0.354 e. The standard InChI is InChI=1S/C46H33N3/c47-42-15-8-7-14-41(42)44-17-9-16-43(48-44)37-24-22-36(23-25-37)40-30-45(38-26-18-34(19-27-38)32-10-3-1-4-11-32)49-46(31-40)39-28-20-35(21-29-39)33-12-5-2-6-13-33/h1-31,47-48H/b44-41-,47-42?. The molecule has 0 spiro atoms. The summed E-state index contributed by atoms with van der Waals surface area (Å²) in [7, 11) is 0. The van der Waals surface area contributed by atoms with Crippen LogP contribution in [0.1, 0.15) is 5.56 Å². The number of nitrogens with zero attached hydrogens (tertiary/aromatic N) is 1. The van der Waals surface area contributed by atoms with Crippen molar-refractivity contribution in [3.63, 3.8) is 0 Å². The van der Waals surface area contributed by atoms with Crippen molar-refractivity contribution in [1.29, 1.82) is 5.41 Å². The van der Waals surface area contributed by atoms with Crippen molar-refractivity contribution in [3.8, 4) is 55.9 Å². The Balaban J connectivity index is 1.14. The second-order valence-electron chi connectivity index (χ2n) is 12.1. The highest BCUT2D eigenvalue weighted by Gasteiger charge is 2.14. The molecule has 1 aromatic heterocycles. The van der Waals surface area contributed by atoms with Crippen LogP contribution in [0.4, 0.5) is 0 Å². The van der Waals surface area contributed by atoms with Gasteiger partial charge in [0.2, 0.25) is 0 Å². The van der Waals surface area contributed by atoms with Crippen LogP contribution >= 0.6 is 0 Å². The predicted octanol–water partition coefficient (Wildman–Crippen LogP) is 11.3. The summed E-state index contributed by atoms with van der Waals surface area (Å²) in [5.74, 6) is 0. The Morgan fingerprint density at radius 3 is 1.39 bits per heavy atom. The number of aromatic nitrogens is 1. The van der Waals surface area contributed by atoms with E-state index >= 15 is 0 Å². The predicted molar refractivity (Wildman–Crippen MR) is 205 cm³/mol. The Hall–Kier alpha value is -6.58. The monoisotopic (exact) mass is 627 g/mol. The van der Waals surface area contributed by atoms with Crippen LogP contribution in [0, 0.1) is 5.41 Å². The number of rotatable bonds is 6. The molecule has 0 amide bonds. The lowest BCUT2D eigenvalue weighted by Gasteiger charge is -2.19. The Morgan fingerprint density at radius 2 is 0.857 bits per heavy atom. The van der Waals surface area contributed by atoms with Gasteiger partial charge in [-0.15, -0.1) is 0 Å². The zero-order valence-electron chi connectivity index (χ0n) is 26.8. The lowest BCUT2D eigenvalue weighted by molar-refractivity contribution is 1.11. The molecule has 0 saturated heterocycles. The van der Waals surface area contributed by atoms with Crippen molar-refractivity contribution >= 4 is 11.4 Å². The first-order valence-electron chi connectivity index (χ1n) is 16.5. The molecule has 1 aliphatic carbocycles. The Kier molecular flexibility index (Phi) is 8.07. The third-order valence-electron chi connectivity index (χ3n) is 8.94. The number of dihydropyridines is 1. The van der Waals surface area contributed by atoms with Gasteiger partial charge >= 0.3 is 0 Å². The number of hydrogen-bond donors (Lipinski definition) is 2. The quantitative estimate of drug-likeness (QED) is 0.193. The molecule has 0 radical (unpaired) electrons. The van der Waals surface area contributed by atoms with Crippen molar-refractivity contribution in [2.75, 3.05) is 0 Å². The van der Waals surface area contributed by atoms with Crippen LogP contribution in [-0.2, 0) is 0 Å². The molecule has 232 valence electrons. The molecule has 2 N–H and O–H groups in total. The third kappa shape index (κ3) is 6.38. The summed E-state index contributed by atoms with van der Waals surface area (Å²) in [6, 6.07) is 51.3. The molecule has 0 bridgehead atoms. The fourth-order valence-corrected chi connectivity index (χ4v) is 6.28. The van der Waals surface area contributed by atoms with Crippen molar-refractivity contribution in [2.24, 2.45) is 0 Å². The molecular formula is C46H33N3. The van der Waals surface area contributed by atoms with Crippen molar-refractivity contribution in [1.82, 2.24) is 10.3 Å². The largest absolute Gasteiger partial charge is 0.354 e. The molecule has 1 aliphatic heterocycles. The van der Waals surface area contributed by atoms with Crippen molar-refractivity contribution < 1.29 is 0 Å². The van der Waals surface area contributed by atoms with E-state index in [2.05, 4.69) is 145 Å². The molecule has 49 heavy (non-hydrogen) atoms. The van der Waals surface area contributed by atoms with Gasteiger partial charge in [-0.25, -0.2) is 4.98 Å². The third-order valence-corrected chi connectivity index (χ3v) is 8.94. The van der Waals surface area contributed by atoms with E-state index in [4.69, 9.17) is 10.4 Å². The van der Waals surface area contributed by atoms with E-state index in [-0.39, 0.29) is 0 Å². The van der Waals surface area contributed by atoms with Gasteiger partial charge in [-0.1, -0.05) is 158 Å². The highest BCUT2D eigenvalue weighted by molar-refractivity contribution is 6.10. The summed E-state index contributed by atoms with van der Waals surface area (Å²) in [5.41, 5.74) is 15.4. The smallest absolute Gasteiger partial charge is 0.0715 e. The number of pyridine rings is 1. The van der Waals surface area contributed by atoms with Gasteiger partial charge in [-0.3, -0.25) is 0 Å². The van der Waals surface area contributed by atoms with E-state index in [9.17, 15) is 0 Å². The van der Waals surface area contributed by atoms with E-state index < -0.39 is 0 Å². The highest BCUT2D eigenvalue weighted by Crippen LogP contribution is 2.33. The van der Waals surface area contributed by atoms with Gasteiger partial charge in [0.1, 0.15) is 0 Å². The fourth-order valence-electron chi connectivity index (χ4n) is 6.28. The lowest BCUT2D eigenvalue weighted by Crippen LogP contribution is -2.17. The average molecular weight is 628 g/mol. The van der Waals surface area contributed by atoms with Crippen LogP contribution in [0.3, 0.4) is 0 Å². The maximum Gasteiger partial charge on any atom is 0.0715 e. The summed E-state index contributed by atoms with van der Waals surface area (Å²) in [5, 5.41) is 11.9. The van der Waals surface area contributed by atoms with Crippen molar-refractivity contribution in [2.45, 2.75) is 0 Å². The van der Waals surface area contributed by atoms with E-state index in [0.29, 0.717) is 5.71 Å². The number of allylic oxidation sites excluding steroid dienone is 8. The minimum atomic E-state index is 0.500. The zero-order chi connectivity index (χ0) is 33.0. The Bertz CT molecular complexity index is 2200. The van der Waals surface area contributed by atoms with Gasteiger partial charge in [0, 0.05) is 28.1 Å². The number of benzene rings is 5. The maximum atomic E-state index is 8.34. The van der Waals surface area contributed by atoms with Gasteiger partial charge in [0.15, 0.2) is 0 Å². The molecule has 2 heterocycles. The van der Waals surface area contributed by atoms with E-state index in [0.717, 1.165) is 56.2 Å².